The van der Waals surface area contributed by atoms with Crippen molar-refractivity contribution < 1.29 is 23.0 Å². The number of nitrogens with zero attached hydrogens (tertiary/aromatic N) is 1. The molecule has 0 bridgehead atoms. The van der Waals surface area contributed by atoms with E-state index in [1.807, 2.05) is 36.4 Å². The number of ether oxygens (including phenoxy) is 3. The highest BCUT2D eigenvalue weighted by molar-refractivity contribution is 5.79. The lowest BCUT2D eigenvalue weighted by atomic mass is 10.1. The molecule has 0 saturated heterocycles. The Hall–Kier alpha value is -3.03. The van der Waals surface area contributed by atoms with Crippen LogP contribution in [0.25, 0.3) is 0 Å². The van der Waals surface area contributed by atoms with E-state index in [9.17, 15) is 8.78 Å². The summed E-state index contributed by atoms with van der Waals surface area (Å²) < 4.78 is 40.2. The van der Waals surface area contributed by atoms with Gasteiger partial charge in [0.05, 0.1) is 13.7 Å². The molecule has 0 aliphatic rings. The van der Waals surface area contributed by atoms with Crippen LogP contribution in [0.5, 0.6) is 17.2 Å². The van der Waals surface area contributed by atoms with Gasteiger partial charge in [-0.05, 0) is 42.7 Å². The monoisotopic (exact) mass is 407 g/mol. The molecule has 0 heterocycles. The topological polar surface area (TPSA) is 64.1 Å². The van der Waals surface area contributed by atoms with Gasteiger partial charge in [0.25, 0.3) is 0 Å². The number of para-hydroxylation sites is 1. The highest BCUT2D eigenvalue weighted by Crippen LogP contribution is 2.29. The Morgan fingerprint density at radius 2 is 1.79 bits per heavy atom. The highest BCUT2D eigenvalue weighted by Gasteiger charge is 2.11. The first-order valence-electron chi connectivity index (χ1n) is 9.36. The summed E-state index contributed by atoms with van der Waals surface area (Å²) in [7, 11) is 3.10. The molecular weight excluding hydrogens is 380 g/mol. The Balaban J connectivity index is 1.69. The quantitative estimate of drug-likeness (QED) is 0.339. The Bertz CT molecular complexity index is 758. The van der Waals surface area contributed by atoms with Gasteiger partial charge in [0, 0.05) is 20.1 Å². The van der Waals surface area contributed by atoms with Gasteiger partial charge in [0.1, 0.15) is 5.75 Å². The summed E-state index contributed by atoms with van der Waals surface area (Å²) in [5, 5.41) is 6.41. The second-order valence-electron chi connectivity index (χ2n) is 6.05. The van der Waals surface area contributed by atoms with Gasteiger partial charge in [-0.25, -0.2) is 0 Å². The third-order valence-corrected chi connectivity index (χ3v) is 4.00. The van der Waals surface area contributed by atoms with Crippen LogP contribution in [0.1, 0.15) is 12.0 Å². The lowest BCUT2D eigenvalue weighted by molar-refractivity contribution is -0.0512. The number of guanidine groups is 1. The van der Waals surface area contributed by atoms with Crippen molar-refractivity contribution in [3.63, 3.8) is 0 Å². The van der Waals surface area contributed by atoms with E-state index in [4.69, 9.17) is 9.47 Å². The van der Waals surface area contributed by atoms with Crippen LogP contribution in [0.4, 0.5) is 8.78 Å². The molecule has 0 atom stereocenters. The van der Waals surface area contributed by atoms with Crippen molar-refractivity contribution in [2.24, 2.45) is 4.99 Å². The molecule has 6 nitrogen and oxygen atoms in total. The van der Waals surface area contributed by atoms with Crippen molar-refractivity contribution in [2.45, 2.75) is 19.5 Å². The summed E-state index contributed by atoms with van der Waals surface area (Å²) in [6, 6.07) is 14.7. The minimum atomic E-state index is -2.90. The van der Waals surface area contributed by atoms with Gasteiger partial charge in [-0.15, -0.1) is 0 Å². The van der Waals surface area contributed by atoms with Crippen LogP contribution in [0, 0.1) is 0 Å². The fourth-order valence-corrected chi connectivity index (χ4v) is 2.60. The zero-order chi connectivity index (χ0) is 20.9. The predicted molar refractivity (Wildman–Crippen MR) is 109 cm³/mol. The second-order valence-corrected chi connectivity index (χ2v) is 6.05. The standard InChI is InChI=1S/C21H27F2N3O3/c1-24-21(25-12-6-14-28-17-7-4-3-5-8-17)26-13-11-16-9-10-18(27-2)19(15-16)29-20(22)23/h3-5,7-10,15,20H,6,11-14H2,1-2H3,(H2,24,25,26). The van der Waals surface area contributed by atoms with Crippen molar-refractivity contribution in [1.29, 1.82) is 0 Å². The summed E-state index contributed by atoms with van der Waals surface area (Å²) >= 11 is 0. The zero-order valence-electron chi connectivity index (χ0n) is 16.7. The smallest absolute Gasteiger partial charge is 0.387 e. The largest absolute Gasteiger partial charge is 0.494 e. The van der Waals surface area contributed by atoms with Gasteiger partial charge in [-0.2, -0.15) is 8.78 Å². The van der Waals surface area contributed by atoms with Crippen molar-refractivity contribution in [3.8, 4) is 17.2 Å². The first kappa shape index (κ1) is 22.3. The number of alkyl halides is 2. The Labute approximate surface area is 169 Å². The maximum Gasteiger partial charge on any atom is 0.387 e. The number of methoxy groups -OCH3 is 1. The van der Waals surface area contributed by atoms with E-state index >= 15 is 0 Å². The van der Waals surface area contributed by atoms with Gasteiger partial charge in [-0.3, -0.25) is 4.99 Å². The van der Waals surface area contributed by atoms with Crippen LogP contribution >= 0.6 is 0 Å². The average molecular weight is 407 g/mol. The summed E-state index contributed by atoms with van der Waals surface area (Å²) in [6.07, 6.45) is 1.43. The van der Waals surface area contributed by atoms with E-state index in [0.717, 1.165) is 17.7 Å². The molecule has 0 amide bonds. The molecular formula is C21H27F2N3O3. The number of hydrogen-bond acceptors (Lipinski definition) is 4. The first-order chi connectivity index (χ1) is 14.1. The molecule has 8 heteroatoms. The molecule has 2 aromatic rings. The first-order valence-corrected chi connectivity index (χ1v) is 9.36. The number of nitrogens with one attached hydrogen (secondary N) is 2. The van der Waals surface area contributed by atoms with Crippen LogP contribution in [0.3, 0.4) is 0 Å². The molecule has 0 radical (unpaired) electrons. The van der Waals surface area contributed by atoms with Gasteiger partial charge in [-0.1, -0.05) is 24.3 Å². The maximum absolute atomic E-state index is 12.5. The fraction of sp³-hybridized carbons (Fsp3) is 0.381. The van der Waals surface area contributed by atoms with Gasteiger partial charge >= 0.3 is 6.61 Å². The maximum atomic E-state index is 12.5. The molecule has 0 fully saturated rings. The van der Waals surface area contributed by atoms with E-state index in [-0.39, 0.29) is 11.5 Å². The molecule has 2 N–H and O–H groups in total. The lowest BCUT2D eigenvalue weighted by Gasteiger charge is -2.14. The normalized spacial score (nSPS) is 11.3. The molecule has 0 aliphatic carbocycles. The minimum Gasteiger partial charge on any atom is -0.494 e. The summed E-state index contributed by atoms with van der Waals surface area (Å²) in [6.45, 7) is -0.999. The van der Waals surface area contributed by atoms with Gasteiger partial charge in [0.15, 0.2) is 17.5 Å². The van der Waals surface area contributed by atoms with Crippen molar-refractivity contribution in [1.82, 2.24) is 10.6 Å². The molecule has 0 aromatic heterocycles. The molecule has 29 heavy (non-hydrogen) atoms. The minimum absolute atomic E-state index is 0.0286. The average Bonchev–Trinajstić information content (AvgIpc) is 2.72. The van der Waals surface area contributed by atoms with Gasteiger partial charge < -0.3 is 24.8 Å². The number of aliphatic imine (C=N–C) groups is 1. The van der Waals surface area contributed by atoms with Crippen LogP contribution in [0.15, 0.2) is 53.5 Å². The number of halogens is 2. The molecule has 0 saturated carbocycles. The fourth-order valence-electron chi connectivity index (χ4n) is 2.60. The lowest BCUT2D eigenvalue weighted by Crippen LogP contribution is -2.39. The van der Waals surface area contributed by atoms with Crippen LogP contribution in [0.2, 0.25) is 0 Å². The van der Waals surface area contributed by atoms with E-state index in [1.165, 1.54) is 7.11 Å². The third-order valence-electron chi connectivity index (χ3n) is 4.00. The molecule has 2 aromatic carbocycles. The van der Waals surface area contributed by atoms with Gasteiger partial charge in [0.2, 0.25) is 0 Å². The summed E-state index contributed by atoms with van der Waals surface area (Å²) in [4.78, 5) is 4.17. The molecule has 2 rings (SSSR count). The van der Waals surface area contributed by atoms with E-state index in [1.54, 1.807) is 19.2 Å². The Morgan fingerprint density at radius 1 is 1.03 bits per heavy atom. The van der Waals surface area contributed by atoms with Crippen molar-refractivity contribution in [2.75, 3.05) is 33.9 Å². The number of hydrogen-bond donors (Lipinski definition) is 2. The molecule has 0 unspecified atom stereocenters. The van der Waals surface area contributed by atoms with Crippen LogP contribution in [-0.2, 0) is 6.42 Å². The molecule has 158 valence electrons. The second kappa shape index (κ2) is 12.4. The predicted octanol–water partition coefficient (Wildman–Crippen LogP) is 3.47. The molecule has 0 spiro atoms. The van der Waals surface area contributed by atoms with E-state index < -0.39 is 6.61 Å². The van der Waals surface area contributed by atoms with Crippen LogP contribution in [-0.4, -0.2) is 46.4 Å². The zero-order valence-corrected chi connectivity index (χ0v) is 16.7. The SMILES string of the molecule is CN=C(NCCCOc1ccccc1)NCCc1ccc(OC)c(OC(F)F)c1. The van der Waals surface area contributed by atoms with E-state index in [2.05, 4.69) is 20.4 Å². The summed E-state index contributed by atoms with van der Waals surface area (Å²) in [5.41, 5.74) is 0.848. The molecule has 0 aliphatic heterocycles. The highest BCUT2D eigenvalue weighted by atomic mass is 19.3. The third kappa shape index (κ3) is 8.25. The van der Waals surface area contributed by atoms with E-state index in [0.29, 0.717) is 32.1 Å². The number of rotatable bonds is 11. The number of benzene rings is 2. The van der Waals surface area contributed by atoms with Crippen LogP contribution < -0.4 is 24.8 Å². The summed E-state index contributed by atoms with van der Waals surface area (Å²) in [5.74, 6) is 1.82. The van der Waals surface area contributed by atoms with Crippen molar-refractivity contribution in [3.05, 3.63) is 54.1 Å². The van der Waals surface area contributed by atoms with Crippen molar-refractivity contribution >= 4 is 5.96 Å². The Morgan fingerprint density at radius 3 is 2.48 bits per heavy atom. The Kier molecular flexibility index (Phi) is 9.54.